The smallest absolute Gasteiger partial charge is 0.306 e. The van der Waals surface area contributed by atoms with Gasteiger partial charge in [0.1, 0.15) is 0 Å². The van der Waals surface area contributed by atoms with Crippen LogP contribution in [0.5, 0.6) is 0 Å². The third kappa shape index (κ3) is 5.82. The van der Waals surface area contributed by atoms with Gasteiger partial charge in [-0.25, -0.2) is 0 Å². The first-order valence-electron chi connectivity index (χ1n) is 8.49. The topological polar surface area (TPSA) is 49.3 Å². The minimum absolute atomic E-state index is 0.162. The van der Waals surface area contributed by atoms with Crippen molar-refractivity contribution in [1.29, 1.82) is 0 Å². The van der Waals surface area contributed by atoms with Crippen LogP contribution in [-0.2, 0) is 4.79 Å². The van der Waals surface area contributed by atoms with Crippen LogP contribution in [0.15, 0.2) is 24.3 Å². The summed E-state index contributed by atoms with van der Waals surface area (Å²) in [5.41, 5.74) is 1.47. The van der Waals surface area contributed by atoms with E-state index < -0.39 is 5.97 Å². The van der Waals surface area contributed by atoms with E-state index in [-0.39, 0.29) is 17.4 Å². The van der Waals surface area contributed by atoms with Crippen LogP contribution in [0.4, 0.5) is 0 Å². The lowest BCUT2D eigenvalue weighted by Gasteiger charge is -2.34. The lowest BCUT2D eigenvalue weighted by atomic mass is 9.82. The molecule has 0 radical (unpaired) electrons. The average Bonchev–Trinajstić information content (AvgIpc) is 2.46. The molecule has 1 saturated carbocycles. The van der Waals surface area contributed by atoms with Gasteiger partial charge in [-0.1, -0.05) is 44.5 Å². The van der Waals surface area contributed by atoms with Gasteiger partial charge in [0.25, 0.3) is 0 Å². The third-order valence-electron chi connectivity index (χ3n) is 4.60. The molecule has 2 rings (SSSR count). The highest BCUT2D eigenvalue weighted by Crippen LogP contribution is 2.33. The summed E-state index contributed by atoms with van der Waals surface area (Å²) in [6, 6.07) is 8.74. The largest absolute Gasteiger partial charge is 0.481 e. The Bertz CT molecular complexity index is 513. The molecular weight excluding hydrogens is 310 g/mol. The second-order valence-electron chi connectivity index (χ2n) is 7.92. The number of carboxylic acid groups (broad SMARTS) is 1. The number of halogens is 1. The first-order chi connectivity index (χ1) is 10.7. The number of hydrogen-bond donors (Lipinski definition) is 2. The predicted octanol–water partition coefficient (Wildman–Crippen LogP) is 5.05. The molecule has 1 fully saturated rings. The molecule has 1 aliphatic carbocycles. The van der Waals surface area contributed by atoms with Crippen LogP contribution in [-0.4, -0.2) is 17.1 Å². The zero-order valence-electron chi connectivity index (χ0n) is 14.3. The summed E-state index contributed by atoms with van der Waals surface area (Å²) in [5.74, 6) is -0.808. The van der Waals surface area contributed by atoms with Gasteiger partial charge in [0.2, 0.25) is 0 Å². The monoisotopic (exact) mass is 337 g/mol. The number of hydrogen-bond acceptors (Lipinski definition) is 2. The van der Waals surface area contributed by atoms with Crippen LogP contribution < -0.4 is 5.32 Å². The molecule has 23 heavy (non-hydrogen) atoms. The van der Waals surface area contributed by atoms with Crippen molar-refractivity contribution in [2.75, 3.05) is 0 Å². The molecule has 0 amide bonds. The molecule has 1 aliphatic rings. The average molecular weight is 338 g/mol. The fourth-order valence-corrected chi connectivity index (χ4v) is 3.50. The minimum Gasteiger partial charge on any atom is -0.481 e. The van der Waals surface area contributed by atoms with Gasteiger partial charge in [0.05, 0.1) is 5.92 Å². The molecule has 2 N–H and O–H groups in total. The molecule has 0 heterocycles. The first-order valence-corrected chi connectivity index (χ1v) is 8.87. The Hall–Kier alpha value is -1.06. The number of aliphatic carboxylic acids is 1. The number of benzene rings is 1. The highest BCUT2D eigenvalue weighted by Gasteiger charge is 2.28. The molecule has 1 aromatic rings. The van der Waals surface area contributed by atoms with Crippen LogP contribution in [0.3, 0.4) is 0 Å². The zero-order chi connectivity index (χ0) is 17.0. The standard InChI is InChI=1S/C19H28ClNO2/c1-19(2,3)12-17(13-4-8-15(20)9-5-13)21-16-10-6-14(7-11-16)18(22)23/h4-5,8-9,14,16-17,21H,6-7,10-12H2,1-3H3,(H,22,23). The molecule has 128 valence electrons. The van der Waals surface area contributed by atoms with E-state index in [0.29, 0.717) is 6.04 Å². The number of rotatable bonds is 5. The van der Waals surface area contributed by atoms with Gasteiger partial charge in [0, 0.05) is 17.1 Å². The van der Waals surface area contributed by atoms with E-state index in [4.69, 9.17) is 16.7 Å². The second kappa shape index (κ2) is 7.67. The summed E-state index contributed by atoms with van der Waals surface area (Å²) in [5, 5.41) is 13.7. The summed E-state index contributed by atoms with van der Waals surface area (Å²) < 4.78 is 0. The van der Waals surface area contributed by atoms with Gasteiger partial charge in [-0.2, -0.15) is 0 Å². The molecule has 1 aromatic carbocycles. The summed E-state index contributed by atoms with van der Waals surface area (Å²) >= 11 is 6.01. The predicted molar refractivity (Wildman–Crippen MR) is 94.8 cm³/mol. The second-order valence-corrected chi connectivity index (χ2v) is 8.36. The van der Waals surface area contributed by atoms with Crippen LogP contribution in [0.2, 0.25) is 5.02 Å². The molecule has 0 bridgehead atoms. The normalized spacial score (nSPS) is 23.5. The van der Waals surface area contributed by atoms with Gasteiger partial charge in [-0.05, 0) is 55.2 Å². The quantitative estimate of drug-likeness (QED) is 0.790. The molecule has 1 atom stereocenters. The molecule has 3 nitrogen and oxygen atoms in total. The van der Waals surface area contributed by atoms with Crippen LogP contribution in [0.1, 0.15) is 64.5 Å². The Balaban J connectivity index is 2.03. The van der Waals surface area contributed by atoms with Gasteiger partial charge in [-0.3, -0.25) is 4.79 Å². The van der Waals surface area contributed by atoms with E-state index in [1.165, 1.54) is 5.56 Å². The maximum absolute atomic E-state index is 11.1. The van der Waals surface area contributed by atoms with E-state index in [9.17, 15) is 4.79 Å². The summed E-state index contributed by atoms with van der Waals surface area (Å²) in [6.45, 7) is 6.75. The van der Waals surface area contributed by atoms with Crippen molar-refractivity contribution in [3.8, 4) is 0 Å². The van der Waals surface area contributed by atoms with Crippen molar-refractivity contribution in [3.63, 3.8) is 0 Å². The van der Waals surface area contributed by atoms with Crippen LogP contribution in [0, 0.1) is 11.3 Å². The van der Waals surface area contributed by atoms with E-state index in [1.54, 1.807) is 0 Å². The Kier molecular flexibility index (Phi) is 6.10. The van der Waals surface area contributed by atoms with Crippen LogP contribution >= 0.6 is 11.6 Å². The summed E-state index contributed by atoms with van der Waals surface area (Å²) in [6.07, 6.45) is 4.45. The van der Waals surface area contributed by atoms with E-state index in [0.717, 1.165) is 37.1 Å². The molecular formula is C19H28ClNO2. The molecule has 4 heteroatoms. The highest BCUT2D eigenvalue weighted by atomic mass is 35.5. The van der Waals surface area contributed by atoms with Crippen molar-refractivity contribution >= 4 is 17.6 Å². The van der Waals surface area contributed by atoms with Crippen molar-refractivity contribution in [1.82, 2.24) is 5.32 Å². The maximum Gasteiger partial charge on any atom is 0.306 e. The fourth-order valence-electron chi connectivity index (χ4n) is 3.37. The van der Waals surface area contributed by atoms with Gasteiger partial charge in [-0.15, -0.1) is 0 Å². The van der Waals surface area contributed by atoms with Gasteiger partial charge in [0.15, 0.2) is 0 Å². The number of carbonyl (C=O) groups is 1. The highest BCUT2D eigenvalue weighted by molar-refractivity contribution is 6.30. The van der Waals surface area contributed by atoms with E-state index in [2.05, 4.69) is 38.2 Å². The summed E-state index contributed by atoms with van der Waals surface area (Å²) in [4.78, 5) is 11.1. The van der Waals surface area contributed by atoms with Crippen molar-refractivity contribution in [3.05, 3.63) is 34.9 Å². The molecule has 0 spiro atoms. The maximum atomic E-state index is 11.1. The number of nitrogens with one attached hydrogen (secondary N) is 1. The molecule has 0 aliphatic heterocycles. The van der Waals surface area contributed by atoms with E-state index in [1.807, 2.05) is 12.1 Å². The zero-order valence-corrected chi connectivity index (χ0v) is 15.1. The van der Waals surface area contributed by atoms with E-state index >= 15 is 0 Å². The Labute approximate surface area is 144 Å². The SMILES string of the molecule is CC(C)(C)CC(NC1CCC(C(=O)O)CC1)c1ccc(Cl)cc1. The first kappa shape index (κ1) is 18.3. The minimum atomic E-state index is -0.646. The van der Waals surface area contributed by atoms with Crippen LogP contribution in [0.25, 0.3) is 0 Å². The fraction of sp³-hybridized carbons (Fsp3) is 0.632. The van der Waals surface area contributed by atoms with Crippen molar-refractivity contribution < 1.29 is 9.90 Å². The Morgan fingerprint density at radius 2 is 1.78 bits per heavy atom. The van der Waals surface area contributed by atoms with Crippen molar-refractivity contribution in [2.45, 2.75) is 65.0 Å². The van der Waals surface area contributed by atoms with Crippen molar-refractivity contribution in [2.24, 2.45) is 11.3 Å². The number of carboxylic acids is 1. The molecule has 1 unspecified atom stereocenters. The third-order valence-corrected chi connectivity index (χ3v) is 4.85. The molecule has 0 saturated heterocycles. The Morgan fingerprint density at radius 3 is 2.26 bits per heavy atom. The summed E-state index contributed by atoms with van der Waals surface area (Å²) in [7, 11) is 0. The lowest BCUT2D eigenvalue weighted by molar-refractivity contribution is -0.142. The Morgan fingerprint density at radius 1 is 1.22 bits per heavy atom. The van der Waals surface area contributed by atoms with Gasteiger partial charge < -0.3 is 10.4 Å². The molecule has 0 aromatic heterocycles. The lowest BCUT2D eigenvalue weighted by Crippen LogP contribution is -2.38. The van der Waals surface area contributed by atoms with Gasteiger partial charge >= 0.3 is 5.97 Å².